The maximum atomic E-state index is 12.1. The number of carbonyl (C=O) groups excluding carboxylic acids is 1. The van der Waals surface area contributed by atoms with Gasteiger partial charge in [0.25, 0.3) is 0 Å². The monoisotopic (exact) mass is 289 g/mol. The molecule has 116 valence electrons. The van der Waals surface area contributed by atoms with E-state index in [1.165, 1.54) is 29.5 Å². The first-order valence-corrected chi connectivity index (χ1v) is 7.94. The van der Waals surface area contributed by atoms with Gasteiger partial charge in [0.05, 0.1) is 0 Å². The normalized spacial score (nSPS) is 15.8. The Kier molecular flexibility index (Phi) is 5.80. The van der Waals surface area contributed by atoms with Gasteiger partial charge in [0, 0.05) is 26.7 Å². The van der Waals surface area contributed by atoms with Crippen LogP contribution >= 0.6 is 0 Å². The van der Waals surface area contributed by atoms with Crippen molar-refractivity contribution in [1.82, 2.24) is 5.32 Å². The SMILES string of the molecule is COCCCNC(=O)CC(c1ccc(C)c(C)c1)C1CC1. The minimum atomic E-state index is 0.168. The van der Waals surface area contributed by atoms with E-state index in [4.69, 9.17) is 4.74 Å². The third-order valence-corrected chi connectivity index (χ3v) is 4.40. The van der Waals surface area contributed by atoms with Gasteiger partial charge in [-0.15, -0.1) is 0 Å². The molecule has 0 bridgehead atoms. The number of benzene rings is 1. The minimum absolute atomic E-state index is 0.168. The van der Waals surface area contributed by atoms with Crippen molar-refractivity contribution in [3.05, 3.63) is 34.9 Å². The zero-order chi connectivity index (χ0) is 15.2. The van der Waals surface area contributed by atoms with Gasteiger partial charge >= 0.3 is 0 Å². The maximum absolute atomic E-state index is 12.1. The summed E-state index contributed by atoms with van der Waals surface area (Å²) in [4.78, 5) is 12.1. The molecule has 1 unspecified atom stereocenters. The first-order valence-electron chi connectivity index (χ1n) is 7.94. The first-order chi connectivity index (χ1) is 10.1. The average Bonchev–Trinajstić information content (AvgIpc) is 3.29. The van der Waals surface area contributed by atoms with E-state index in [0.717, 1.165) is 6.42 Å². The highest BCUT2D eigenvalue weighted by atomic mass is 16.5. The third kappa shape index (κ3) is 4.85. The van der Waals surface area contributed by atoms with Crippen LogP contribution in [0.5, 0.6) is 0 Å². The van der Waals surface area contributed by atoms with Crippen molar-refractivity contribution < 1.29 is 9.53 Å². The Morgan fingerprint density at radius 1 is 1.33 bits per heavy atom. The van der Waals surface area contributed by atoms with E-state index in [2.05, 4.69) is 37.4 Å². The van der Waals surface area contributed by atoms with Gasteiger partial charge in [-0.3, -0.25) is 4.79 Å². The van der Waals surface area contributed by atoms with Crippen molar-refractivity contribution in [3.8, 4) is 0 Å². The van der Waals surface area contributed by atoms with Crippen molar-refractivity contribution in [2.24, 2.45) is 5.92 Å². The Labute approximate surface area is 128 Å². The average molecular weight is 289 g/mol. The summed E-state index contributed by atoms with van der Waals surface area (Å²) >= 11 is 0. The van der Waals surface area contributed by atoms with Crippen LogP contribution in [0.3, 0.4) is 0 Å². The van der Waals surface area contributed by atoms with Gasteiger partial charge in [0.15, 0.2) is 0 Å². The molecular weight excluding hydrogens is 262 g/mol. The third-order valence-electron chi connectivity index (χ3n) is 4.40. The highest BCUT2D eigenvalue weighted by Gasteiger charge is 2.33. The Hall–Kier alpha value is -1.35. The van der Waals surface area contributed by atoms with Gasteiger partial charge in [0.1, 0.15) is 0 Å². The molecule has 1 aromatic carbocycles. The van der Waals surface area contributed by atoms with E-state index in [0.29, 0.717) is 31.4 Å². The molecule has 0 radical (unpaired) electrons. The largest absolute Gasteiger partial charge is 0.385 e. The van der Waals surface area contributed by atoms with Crippen LogP contribution in [0.2, 0.25) is 0 Å². The van der Waals surface area contributed by atoms with Gasteiger partial charge in [-0.05, 0) is 61.6 Å². The van der Waals surface area contributed by atoms with E-state index in [1.54, 1.807) is 7.11 Å². The Morgan fingerprint density at radius 2 is 2.10 bits per heavy atom. The molecule has 2 rings (SSSR count). The van der Waals surface area contributed by atoms with E-state index in [1.807, 2.05) is 0 Å². The van der Waals surface area contributed by atoms with Crippen LogP contribution in [-0.2, 0) is 9.53 Å². The predicted octanol–water partition coefficient (Wildman–Crippen LogP) is 3.34. The molecule has 0 saturated heterocycles. The molecule has 0 aromatic heterocycles. The minimum Gasteiger partial charge on any atom is -0.385 e. The van der Waals surface area contributed by atoms with Crippen molar-refractivity contribution >= 4 is 5.91 Å². The summed E-state index contributed by atoms with van der Waals surface area (Å²) < 4.78 is 5.00. The second kappa shape index (κ2) is 7.60. The number of hydrogen-bond donors (Lipinski definition) is 1. The van der Waals surface area contributed by atoms with E-state index in [-0.39, 0.29) is 5.91 Å². The number of hydrogen-bond acceptors (Lipinski definition) is 2. The number of ether oxygens (including phenoxy) is 1. The molecule has 1 aromatic rings. The van der Waals surface area contributed by atoms with Gasteiger partial charge in [-0.2, -0.15) is 0 Å². The second-order valence-electron chi connectivity index (χ2n) is 6.19. The standard InChI is InChI=1S/C18H27NO2/c1-13-5-6-16(11-14(13)2)17(15-7-8-15)12-18(20)19-9-4-10-21-3/h5-6,11,15,17H,4,7-10,12H2,1-3H3,(H,19,20). The molecule has 1 amide bonds. The van der Waals surface area contributed by atoms with E-state index < -0.39 is 0 Å². The summed E-state index contributed by atoms with van der Waals surface area (Å²) in [6, 6.07) is 6.64. The fourth-order valence-corrected chi connectivity index (χ4v) is 2.77. The van der Waals surface area contributed by atoms with Gasteiger partial charge < -0.3 is 10.1 Å². The van der Waals surface area contributed by atoms with E-state index >= 15 is 0 Å². The molecule has 1 saturated carbocycles. The maximum Gasteiger partial charge on any atom is 0.220 e. The number of methoxy groups -OCH3 is 1. The molecule has 0 heterocycles. The summed E-state index contributed by atoms with van der Waals surface area (Å²) in [5.41, 5.74) is 3.96. The van der Waals surface area contributed by atoms with E-state index in [9.17, 15) is 4.79 Å². The number of amides is 1. The highest BCUT2D eigenvalue weighted by molar-refractivity contribution is 5.77. The summed E-state index contributed by atoms with van der Waals surface area (Å²) in [6.45, 7) is 5.68. The van der Waals surface area contributed by atoms with Crippen LogP contribution in [0.15, 0.2) is 18.2 Å². The van der Waals surface area contributed by atoms with Gasteiger partial charge in [-0.1, -0.05) is 18.2 Å². The topological polar surface area (TPSA) is 38.3 Å². The molecule has 0 spiro atoms. The Morgan fingerprint density at radius 3 is 2.71 bits per heavy atom. The number of rotatable bonds is 8. The lowest BCUT2D eigenvalue weighted by Gasteiger charge is -2.18. The number of aryl methyl sites for hydroxylation is 2. The van der Waals surface area contributed by atoms with Crippen molar-refractivity contribution in [1.29, 1.82) is 0 Å². The van der Waals surface area contributed by atoms with Crippen LogP contribution in [-0.4, -0.2) is 26.2 Å². The zero-order valence-corrected chi connectivity index (χ0v) is 13.4. The smallest absolute Gasteiger partial charge is 0.220 e. The quantitative estimate of drug-likeness (QED) is 0.745. The van der Waals surface area contributed by atoms with Crippen molar-refractivity contribution in [2.45, 2.75) is 45.4 Å². The Balaban J connectivity index is 1.93. The zero-order valence-electron chi connectivity index (χ0n) is 13.4. The van der Waals surface area contributed by atoms with Gasteiger partial charge in [0.2, 0.25) is 5.91 Å². The van der Waals surface area contributed by atoms with Crippen LogP contribution in [0.25, 0.3) is 0 Å². The molecule has 1 aliphatic carbocycles. The van der Waals surface area contributed by atoms with Crippen LogP contribution in [0.4, 0.5) is 0 Å². The van der Waals surface area contributed by atoms with Crippen LogP contribution < -0.4 is 5.32 Å². The molecule has 21 heavy (non-hydrogen) atoms. The summed E-state index contributed by atoms with van der Waals surface area (Å²) in [7, 11) is 1.69. The fraction of sp³-hybridized carbons (Fsp3) is 0.611. The molecular formula is C18H27NO2. The number of nitrogens with one attached hydrogen (secondary N) is 1. The molecule has 1 atom stereocenters. The number of carbonyl (C=O) groups is 1. The highest BCUT2D eigenvalue weighted by Crippen LogP contribution is 2.44. The molecule has 1 aliphatic rings. The van der Waals surface area contributed by atoms with Crippen molar-refractivity contribution in [2.75, 3.05) is 20.3 Å². The lowest BCUT2D eigenvalue weighted by atomic mass is 9.89. The lowest BCUT2D eigenvalue weighted by Crippen LogP contribution is -2.27. The van der Waals surface area contributed by atoms with Crippen LogP contribution in [0.1, 0.15) is 48.3 Å². The fourth-order valence-electron chi connectivity index (χ4n) is 2.77. The lowest BCUT2D eigenvalue weighted by molar-refractivity contribution is -0.121. The second-order valence-corrected chi connectivity index (χ2v) is 6.19. The molecule has 1 fully saturated rings. The molecule has 3 nitrogen and oxygen atoms in total. The Bertz CT molecular complexity index is 480. The molecule has 1 N–H and O–H groups in total. The van der Waals surface area contributed by atoms with Crippen LogP contribution in [0, 0.1) is 19.8 Å². The van der Waals surface area contributed by atoms with Gasteiger partial charge in [-0.25, -0.2) is 0 Å². The summed E-state index contributed by atoms with van der Waals surface area (Å²) in [5, 5.41) is 3.01. The van der Waals surface area contributed by atoms with Crippen molar-refractivity contribution in [3.63, 3.8) is 0 Å². The predicted molar refractivity (Wildman–Crippen MR) is 85.5 cm³/mol. The first kappa shape index (κ1) is 16.0. The molecule has 3 heteroatoms. The molecule has 0 aliphatic heterocycles. The summed E-state index contributed by atoms with van der Waals surface area (Å²) in [6.07, 6.45) is 4.00. The summed E-state index contributed by atoms with van der Waals surface area (Å²) in [5.74, 6) is 1.24.